The molecular weight excluding hydrogens is 128 g/mol. The number of alkyl halides is 4. The molecular formula is C3H4ClF3. The van der Waals surface area contributed by atoms with Gasteiger partial charge in [0.25, 0.3) is 5.92 Å². The van der Waals surface area contributed by atoms with Gasteiger partial charge >= 0.3 is 0 Å². The summed E-state index contributed by atoms with van der Waals surface area (Å²) in [5, 5.41) is 0. The maximum absolute atomic E-state index is 11.3. The van der Waals surface area contributed by atoms with Crippen molar-refractivity contribution in [2.24, 2.45) is 0 Å². The fourth-order valence-corrected chi connectivity index (χ4v) is 0. The van der Waals surface area contributed by atoms with Crippen LogP contribution in [0, 0.1) is 0 Å². The van der Waals surface area contributed by atoms with Gasteiger partial charge < -0.3 is 0 Å². The molecule has 1 atom stereocenters. The molecule has 0 spiro atoms. The van der Waals surface area contributed by atoms with Crippen molar-refractivity contribution in [3.63, 3.8) is 0 Å². The maximum Gasteiger partial charge on any atom is 0.289 e. The lowest BCUT2D eigenvalue weighted by molar-refractivity contribution is -0.0213. The smallest absolute Gasteiger partial charge is 0.223 e. The lowest BCUT2D eigenvalue weighted by Gasteiger charge is -2.06. The Labute approximate surface area is 44.3 Å². The molecule has 0 nitrogen and oxygen atoms in total. The van der Waals surface area contributed by atoms with Crippen LogP contribution in [0.25, 0.3) is 0 Å². The Kier molecular flexibility index (Phi) is 1.92. The molecule has 44 valence electrons. The lowest BCUT2D eigenvalue weighted by atomic mass is 10.4. The maximum atomic E-state index is 11.3. The molecule has 7 heavy (non-hydrogen) atoms. The van der Waals surface area contributed by atoms with Crippen LogP contribution in [-0.2, 0) is 0 Å². The zero-order valence-electron chi connectivity index (χ0n) is 3.59. The summed E-state index contributed by atoms with van der Waals surface area (Å²) in [6.07, 6.45) is 0. The SMILES string of the molecule is CC(F)(F)C(F)Cl. The number of hydrogen-bond acceptors (Lipinski definition) is 0. The highest BCUT2D eigenvalue weighted by molar-refractivity contribution is 6.20. The van der Waals surface area contributed by atoms with Crippen LogP contribution < -0.4 is 0 Å². The van der Waals surface area contributed by atoms with E-state index >= 15 is 0 Å². The summed E-state index contributed by atoms with van der Waals surface area (Å²) in [6.45, 7) is 0.421. The fraction of sp³-hybridized carbons (Fsp3) is 1.00. The Morgan fingerprint density at radius 1 is 1.57 bits per heavy atom. The predicted octanol–water partition coefficient (Wildman–Crippen LogP) is 2.18. The molecule has 0 aromatic rings. The van der Waals surface area contributed by atoms with E-state index in [1.165, 1.54) is 0 Å². The molecule has 0 aliphatic rings. The minimum Gasteiger partial charge on any atom is -0.223 e. The van der Waals surface area contributed by atoms with Crippen LogP contribution in [0.5, 0.6) is 0 Å². The Hall–Kier alpha value is 0.0800. The van der Waals surface area contributed by atoms with Crippen LogP contribution in [0.15, 0.2) is 0 Å². The fourth-order valence-electron chi connectivity index (χ4n) is 0. The number of halogens is 4. The van der Waals surface area contributed by atoms with E-state index in [2.05, 4.69) is 11.6 Å². The van der Waals surface area contributed by atoms with Gasteiger partial charge in [-0.1, -0.05) is 11.6 Å². The standard InChI is InChI=1S/C3H4ClF3/c1-3(6,7)2(4)5/h2H,1H3. The quantitative estimate of drug-likeness (QED) is 0.480. The molecule has 0 aromatic heterocycles. The third-order valence-electron chi connectivity index (χ3n) is 0.383. The summed E-state index contributed by atoms with van der Waals surface area (Å²) in [7, 11) is 0. The molecule has 0 saturated carbocycles. The summed E-state index contributed by atoms with van der Waals surface area (Å²) in [5.41, 5.74) is -2.56. The van der Waals surface area contributed by atoms with Gasteiger partial charge in [-0.05, 0) is 0 Å². The van der Waals surface area contributed by atoms with Crippen LogP contribution in [0.2, 0.25) is 0 Å². The van der Waals surface area contributed by atoms with Crippen molar-refractivity contribution in [2.75, 3.05) is 0 Å². The summed E-state index contributed by atoms with van der Waals surface area (Å²) in [5.74, 6) is -3.40. The van der Waals surface area contributed by atoms with Crippen molar-refractivity contribution in [1.82, 2.24) is 0 Å². The normalized spacial score (nSPS) is 16.7. The van der Waals surface area contributed by atoms with Gasteiger partial charge in [0.1, 0.15) is 0 Å². The van der Waals surface area contributed by atoms with Crippen LogP contribution in [0.3, 0.4) is 0 Å². The zero-order chi connectivity index (χ0) is 6.08. The molecule has 0 amide bonds. The van der Waals surface area contributed by atoms with Crippen molar-refractivity contribution < 1.29 is 13.2 Å². The highest BCUT2D eigenvalue weighted by Crippen LogP contribution is 2.22. The van der Waals surface area contributed by atoms with Crippen molar-refractivity contribution in [2.45, 2.75) is 18.5 Å². The highest BCUT2D eigenvalue weighted by Gasteiger charge is 2.31. The first-order valence-electron chi connectivity index (χ1n) is 1.60. The van der Waals surface area contributed by atoms with E-state index in [4.69, 9.17) is 0 Å². The van der Waals surface area contributed by atoms with E-state index in [0.717, 1.165) is 0 Å². The lowest BCUT2D eigenvalue weighted by Crippen LogP contribution is -2.19. The third-order valence-corrected chi connectivity index (χ3v) is 0.766. The Morgan fingerprint density at radius 3 is 1.71 bits per heavy atom. The summed E-state index contributed by atoms with van der Waals surface area (Å²) in [4.78, 5) is 0. The van der Waals surface area contributed by atoms with Gasteiger partial charge in [-0.3, -0.25) is 0 Å². The molecule has 0 saturated heterocycles. The van der Waals surface area contributed by atoms with Crippen molar-refractivity contribution in [1.29, 1.82) is 0 Å². The molecule has 0 rings (SSSR count). The third kappa shape index (κ3) is 2.74. The Balaban J connectivity index is 3.54. The van der Waals surface area contributed by atoms with E-state index in [-0.39, 0.29) is 0 Å². The molecule has 4 heteroatoms. The van der Waals surface area contributed by atoms with E-state index in [1.807, 2.05) is 0 Å². The predicted molar refractivity (Wildman–Crippen MR) is 21.4 cm³/mol. The second kappa shape index (κ2) is 1.90. The monoisotopic (exact) mass is 132 g/mol. The highest BCUT2D eigenvalue weighted by atomic mass is 35.5. The Bertz CT molecular complexity index is 55.7. The summed E-state index contributed by atoms with van der Waals surface area (Å²) in [6, 6.07) is 0. The molecule has 1 unspecified atom stereocenters. The van der Waals surface area contributed by atoms with Gasteiger partial charge in [0.05, 0.1) is 0 Å². The van der Waals surface area contributed by atoms with Gasteiger partial charge in [-0.15, -0.1) is 0 Å². The van der Waals surface area contributed by atoms with Crippen LogP contribution in [0.4, 0.5) is 13.2 Å². The topological polar surface area (TPSA) is 0 Å². The van der Waals surface area contributed by atoms with Crippen LogP contribution >= 0.6 is 11.6 Å². The first-order valence-corrected chi connectivity index (χ1v) is 2.04. The average molecular weight is 133 g/mol. The van der Waals surface area contributed by atoms with Gasteiger partial charge in [-0.25, -0.2) is 13.2 Å². The minimum atomic E-state index is -3.40. The van der Waals surface area contributed by atoms with Crippen molar-refractivity contribution in [3.8, 4) is 0 Å². The molecule has 0 aromatic carbocycles. The second-order valence-corrected chi connectivity index (χ2v) is 1.64. The van der Waals surface area contributed by atoms with Crippen molar-refractivity contribution >= 4 is 11.6 Å². The van der Waals surface area contributed by atoms with E-state index in [9.17, 15) is 13.2 Å². The average Bonchev–Trinajstić information content (AvgIpc) is 1.31. The van der Waals surface area contributed by atoms with Crippen LogP contribution in [-0.4, -0.2) is 11.6 Å². The van der Waals surface area contributed by atoms with E-state index < -0.39 is 11.6 Å². The first kappa shape index (κ1) is 7.08. The van der Waals surface area contributed by atoms with Gasteiger partial charge in [0, 0.05) is 6.92 Å². The molecule has 0 N–H and O–H groups in total. The number of rotatable bonds is 1. The molecule has 0 aliphatic carbocycles. The molecule has 0 bridgehead atoms. The first-order chi connectivity index (χ1) is 2.94. The molecule has 0 heterocycles. The largest absolute Gasteiger partial charge is 0.289 e. The number of hydrogen-bond donors (Lipinski definition) is 0. The van der Waals surface area contributed by atoms with Gasteiger partial charge in [0.15, 0.2) is 0 Å². The second-order valence-electron chi connectivity index (χ2n) is 1.26. The molecule has 0 fully saturated rings. The van der Waals surface area contributed by atoms with Crippen LogP contribution in [0.1, 0.15) is 6.92 Å². The summed E-state index contributed by atoms with van der Waals surface area (Å²) >= 11 is 4.34. The van der Waals surface area contributed by atoms with Gasteiger partial charge in [0.2, 0.25) is 5.63 Å². The van der Waals surface area contributed by atoms with Gasteiger partial charge in [-0.2, -0.15) is 0 Å². The van der Waals surface area contributed by atoms with Crippen molar-refractivity contribution in [3.05, 3.63) is 0 Å². The molecule has 0 radical (unpaired) electrons. The zero-order valence-corrected chi connectivity index (χ0v) is 4.35. The summed E-state index contributed by atoms with van der Waals surface area (Å²) < 4.78 is 33.9. The molecule has 0 aliphatic heterocycles. The minimum absolute atomic E-state index is 0.421. The Morgan fingerprint density at radius 2 is 1.71 bits per heavy atom. The van der Waals surface area contributed by atoms with E-state index in [1.54, 1.807) is 0 Å². The van der Waals surface area contributed by atoms with E-state index in [0.29, 0.717) is 6.92 Å².